The van der Waals surface area contributed by atoms with Gasteiger partial charge in [-0.1, -0.05) is 12.5 Å². The third-order valence-electron chi connectivity index (χ3n) is 2.44. The first kappa shape index (κ1) is 12.7. The number of unbranched alkanes of at least 4 members (excludes halogenated alkanes) is 3. The minimum atomic E-state index is 0.253. The number of hydrogen-bond acceptors (Lipinski definition) is 2. The second-order valence-corrected chi connectivity index (χ2v) is 3.65. The first-order chi connectivity index (χ1) is 6.22. The van der Waals surface area contributed by atoms with Gasteiger partial charge in [-0.05, 0) is 39.8 Å². The van der Waals surface area contributed by atoms with Crippen LogP contribution in [0.3, 0.4) is 0 Å². The fourth-order valence-electron chi connectivity index (χ4n) is 1.19. The molecule has 0 rings (SSSR count). The summed E-state index contributed by atoms with van der Waals surface area (Å²) in [7, 11) is 2.06. The Hall–Kier alpha value is -0.340. The summed E-state index contributed by atoms with van der Waals surface area (Å²) in [5.41, 5.74) is 0. The van der Waals surface area contributed by atoms with Crippen molar-refractivity contribution in [3.63, 3.8) is 0 Å². The molecule has 1 unspecified atom stereocenters. The molecule has 0 aromatic carbocycles. The zero-order valence-corrected chi connectivity index (χ0v) is 9.00. The van der Waals surface area contributed by atoms with Crippen LogP contribution in [0.2, 0.25) is 0 Å². The molecular formula is C11H23NO. The van der Waals surface area contributed by atoms with Crippen LogP contribution < -0.4 is 0 Å². The van der Waals surface area contributed by atoms with Gasteiger partial charge in [0.15, 0.2) is 0 Å². The van der Waals surface area contributed by atoms with Crippen LogP contribution in [0, 0.1) is 0 Å². The van der Waals surface area contributed by atoms with Crippen molar-refractivity contribution in [2.45, 2.75) is 38.6 Å². The van der Waals surface area contributed by atoms with Crippen LogP contribution in [-0.2, 0) is 0 Å². The molecule has 2 heteroatoms. The molecule has 0 aliphatic heterocycles. The molecule has 0 heterocycles. The third-order valence-corrected chi connectivity index (χ3v) is 2.44. The van der Waals surface area contributed by atoms with Crippen molar-refractivity contribution < 1.29 is 5.11 Å². The van der Waals surface area contributed by atoms with Crippen molar-refractivity contribution >= 4 is 0 Å². The summed E-state index contributed by atoms with van der Waals surface area (Å²) in [4.78, 5) is 2.20. The Morgan fingerprint density at radius 3 is 2.62 bits per heavy atom. The van der Waals surface area contributed by atoms with E-state index in [1.807, 2.05) is 13.0 Å². The van der Waals surface area contributed by atoms with Crippen molar-refractivity contribution in [2.24, 2.45) is 0 Å². The first-order valence-electron chi connectivity index (χ1n) is 5.14. The highest BCUT2D eigenvalue weighted by atomic mass is 16.3. The summed E-state index contributed by atoms with van der Waals surface area (Å²) in [6, 6.07) is 0.291. The van der Waals surface area contributed by atoms with Crippen LogP contribution in [0.25, 0.3) is 0 Å². The Morgan fingerprint density at radius 1 is 1.38 bits per heavy atom. The van der Waals surface area contributed by atoms with Gasteiger partial charge in [-0.25, -0.2) is 0 Å². The van der Waals surface area contributed by atoms with E-state index >= 15 is 0 Å². The molecule has 0 fully saturated rings. The molecule has 0 spiro atoms. The van der Waals surface area contributed by atoms with Crippen LogP contribution in [0.1, 0.15) is 32.6 Å². The Morgan fingerprint density at radius 2 is 2.08 bits per heavy atom. The van der Waals surface area contributed by atoms with Gasteiger partial charge in [0.25, 0.3) is 0 Å². The maximum atomic E-state index is 8.89. The average Bonchev–Trinajstić information content (AvgIpc) is 2.16. The van der Waals surface area contributed by atoms with E-state index in [1.165, 1.54) is 19.3 Å². The maximum Gasteiger partial charge on any atom is 0.0584 e. The van der Waals surface area contributed by atoms with Gasteiger partial charge in [0.05, 0.1) is 6.61 Å². The lowest BCUT2D eigenvalue weighted by atomic mass is 10.2. The van der Waals surface area contributed by atoms with Crippen LogP contribution in [0.4, 0.5) is 0 Å². The molecule has 0 saturated heterocycles. The minimum Gasteiger partial charge on any atom is -0.395 e. The standard InChI is InChI=1S/C11H23NO/c1-4-5-6-7-8-9-12(3)11(2)10-13/h4,11,13H,1,5-10H2,2-3H3. The highest BCUT2D eigenvalue weighted by Crippen LogP contribution is 2.03. The molecule has 0 aromatic heterocycles. The van der Waals surface area contributed by atoms with Gasteiger partial charge in [0, 0.05) is 6.04 Å². The summed E-state index contributed by atoms with van der Waals surface area (Å²) >= 11 is 0. The predicted octanol–water partition coefficient (Wildman–Crippen LogP) is 2.05. The van der Waals surface area contributed by atoms with Gasteiger partial charge < -0.3 is 10.0 Å². The zero-order valence-electron chi connectivity index (χ0n) is 9.00. The van der Waals surface area contributed by atoms with E-state index in [4.69, 9.17) is 5.11 Å². The lowest BCUT2D eigenvalue weighted by Crippen LogP contribution is -2.32. The minimum absolute atomic E-state index is 0.253. The first-order valence-corrected chi connectivity index (χ1v) is 5.14. The van der Waals surface area contributed by atoms with Crippen LogP contribution >= 0.6 is 0 Å². The largest absolute Gasteiger partial charge is 0.395 e. The van der Waals surface area contributed by atoms with Gasteiger partial charge >= 0.3 is 0 Å². The highest BCUT2D eigenvalue weighted by Gasteiger charge is 2.05. The number of allylic oxidation sites excluding steroid dienone is 1. The lowest BCUT2D eigenvalue weighted by Gasteiger charge is -2.22. The van der Waals surface area contributed by atoms with Crippen molar-refractivity contribution in [1.29, 1.82) is 0 Å². The normalized spacial score (nSPS) is 13.2. The molecule has 78 valence electrons. The molecule has 1 atom stereocenters. The number of likely N-dealkylation sites (N-methyl/N-ethyl adjacent to an activating group) is 1. The van der Waals surface area contributed by atoms with Crippen LogP contribution in [0.15, 0.2) is 12.7 Å². The molecular weight excluding hydrogens is 162 g/mol. The SMILES string of the molecule is C=CCCCCCN(C)C(C)CO. The number of aliphatic hydroxyl groups is 1. The molecule has 0 aromatic rings. The Labute approximate surface area is 82.3 Å². The second kappa shape index (κ2) is 8.27. The summed E-state index contributed by atoms with van der Waals surface area (Å²) in [5.74, 6) is 0. The molecule has 2 nitrogen and oxygen atoms in total. The molecule has 0 saturated carbocycles. The molecule has 0 bridgehead atoms. The van der Waals surface area contributed by atoms with Crippen LogP contribution in [-0.4, -0.2) is 36.2 Å². The Bertz CT molecular complexity index is 125. The summed E-state index contributed by atoms with van der Waals surface area (Å²) in [6.45, 7) is 7.07. The smallest absolute Gasteiger partial charge is 0.0584 e. The quantitative estimate of drug-likeness (QED) is 0.462. The monoisotopic (exact) mass is 185 g/mol. The summed E-state index contributed by atoms with van der Waals surface area (Å²) in [6.07, 6.45) is 6.81. The molecule has 1 N–H and O–H groups in total. The molecule has 0 amide bonds. The molecule has 13 heavy (non-hydrogen) atoms. The lowest BCUT2D eigenvalue weighted by molar-refractivity contribution is 0.157. The summed E-state index contributed by atoms with van der Waals surface area (Å²) in [5, 5.41) is 8.89. The average molecular weight is 185 g/mol. The van der Waals surface area contributed by atoms with Crippen molar-refractivity contribution in [1.82, 2.24) is 4.90 Å². The topological polar surface area (TPSA) is 23.5 Å². The van der Waals surface area contributed by atoms with Gasteiger partial charge in [0.1, 0.15) is 0 Å². The molecule has 0 aliphatic carbocycles. The molecule has 0 aliphatic rings. The highest BCUT2D eigenvalue weighted by molar-refractivity contribution is 4.66. The van der Waals surface area contributed by atoms with Gasteiger partial charge in [-0.3, -0.25) is 0 Å². The Balaban J connectivity index is 3.26. The van der Waals surface area contributed by atoms with E-state index in [9.17, 15) is 0 Å². The number of rotatable bonds is 8. The second-order valence-electron chi connectivity index (χ2n) is 3.65. The van der Waals surface area contributed by atoms with E-state index < -0.39 is 0 Å². The van der Waals surface area contributed by atoms with Gasteiger partial charge in [0.2, 0.25) is 0 Å². The van der Waals surface area contributed by atoms with Gasteiger partial charge in [-0.15, -0.1) is 6.58 Å². The fourth-order valence-corrected chi connectivity index (χ4v) is 1.19. The Kier molecular flexibility index (Phi) is 8.05. The zero-order chi connectivity index (χ0) is 10.1. The van der Waals surface area contributed by atoms with Crippen molar-refractivity contribution in [3.05, 3.63) is 12.7 Å². The van der Waals surface area contributed by atoms with E-state index in [2.05, 4.69) is 18.5 Å². The number of nitrogens with zero attached hydrogens (tertiary/aromatic N) is 1. The van der Waals surface area contributed by atoms with Crippen molar-refractivity contribution in [3.8, 4) is 0 Å². The van der Waals surface area contributed by atoms with E-state index in [0.29, 0.717) is 6.04 Å². The predicted molar refractivity (Wildman–Crippen MR) is 57.8 cm³/mol. The van der Waals surface area contributed by atoms with Crippen molar-refractivity contribution in [2.75, 3.05) is 20.2 Å². The van der Waals surface area contributed by atoms with E-state index in [1.54, 1.807) is 0 Å². The number of aliphatic hydroxyl groups excluding tert-OH is 1. The van der Waals surface area contributed by atoms with E-state index in [0.717, 1.165) is 13.0 Å². The maximum absolute atomic E-state index is 8.89. The van der Waals surface area contributed by atoms with Gasteiger partial charge in [-0.2, -0.15) is 0 Å². The van der Waals surface area contributed by atoms with E-state index in [-0.39, 0.29) is 6.61 Å². The summed E-state index contributed by atoms with van der Waals surface area (Å²) < 4.78 is 0. The third kappa shape index (κ3) is 6.79. The number of hydrogen-bond donors (Lipinski definition) is 1. The van der Waals surface area contributed by atoms with Crippen LogP contribution in [0.5, 0.6) is 0 Å². The molecule has 0 radical (unpaired) electrons. The fraction of sp³-hybridized carbons (Fsp3) is 0.818.